The van der Waals surface area contributed by atoms with E-state index in [0.29, 0.717) is 13.1 Å². The molecule has 4 rings (SSSR count). The van der Waals surface area contributed by atoms with Crippen LogP contribution in [0.4, 0.5) is 5.69 Å². The zero-order chi connectivity index (χ0) is 17.8. The van der Waals surface area contributed by atoms with Gasteiger partial charge in [-0.05, 0) is 36.6 Å². The van der Waals surface area contributed by atoms with E-state index in [1.807, 2.05) is 46.7 Å². The van der Waals surface area contributed by atoms with Gasteiger partial charge in [0.05, 0.1) is 17.9 Å². The van der Waals surface area contributed by atoms with Gasteiger partial charge in [-0.3, -0.25) is 9.78 Å². The Morgan fingerprint density at radius 3 is 2.96 bits per heavy atom. The second-order valence-corrected chi connectivity index (χ2v) is 7.10. The molecular formula is C20H20N4OS. The predicted octanol–water partition coefficient (Wildman–Crippen LogP) is 3.27. The maximum atomic E-state index is 12.6. The highest BCUT2D eigenvalue weighted by atomic mass is 32.1. The van der Waals surface area contributed by atoms with Crippen LogP contribution in [-0.2, 0) is 17.8 Å². The van der Waals surface area contributed by atoms with Crippen LogP contribution >= 0.6 is 11.3 Å². The molecule has 0 atom stereocenters. The largest absolute Gasteiger partial charge is 0.311 e. The molecule has 0 bridgehead atoms. The fourth-order valence-corrected chi connectivity index (χ4v) is 3.98. The van der Waals surface area contributed by atoms with Gasteiger partial charge in [-0.2, -0.15) is 0 Å². The van der Waals surface area contributed by atoms with E-state index >= 15 is 0 Å². The van der Waals surface area contributed by atoms with E-state index in [-0.39, 0.29) is 5.91 Å². The molecule has 1 amide bonds. The van der Waals surface area contributed by atoms with E-state index in [0.717, 1.165) is 41.5 Å². The Morgan fingerprint density at radius 1 is 1.19 bits per heavy atom. The Labute approximate surface area is 156 Å². The third-order valence-corrected chi connectivity index (χ3v) is 5.34. The zero-order valence-corrected chi connectivity index (χ0v) is 15.2. The molecule has 26 heavy (non-hydrogen) atoms. The molecule has 1 aromatic carbocycles. The second kappa shape index (κ2) is 7.76. The van der Waals surface area contributed by atoms with E-state index in [1.165, 1.54) is 5.56 Å². The second-order valence-electron chi connectivity index (χ2n) is 6.24. The number of hydrogen-bond donors (Lipinski definition) is 1. The van der Waals surface area contributed by atoms with E-state index in [1.54, 1.807) is 17.5 Å². The van der Waals surface area contributed by atoms with Crippen LogP contribution in [0.5, 0.6) is 0 Å². The number of anilines is 1. The lowest BCUT2D eigenvalue weighted by Crippen LogP contribution is -2.41. The van der Waals surface area contributed by atoms with Crippen molar-refractivity contribution in [1.82, 2.24) is 15.3 Å². The normalized spacial score (nSPS) is 13.5. The number of hydrogen-bond acceptors (Lipinski definition) is 5. The SMILES string of the molecule is O=C(CNCc1csc(-c2ccccn2)n1)N1CCCc2ccccc21. The standard InChI is InChI=1S/C20H20N4OS/c25-19(24-11-5-7-15-6-1-2-9-18(15)24)13-21-12-16-14-26-20(23-16)17-8-3-4-10-22-17/h1-4,6,8-10,14,21H,5,7,11-13H2. The van der Waals surface area contributed by atoms with E-state index in [2.05, 4.69) is 21.4 Å². The molecule has 1 N–H and O–H groups in total. The maximum absolute atomic E-state index is 12.6. The van der Waals surface area contributed by atoms with Gasteiger partial charge in [0.25, 0.3) is 0 Å². The summed E-state index contributed by atoms with van der Waals surface area (Å²) >= 11 is 1.57. The van der Waals surface area contributed by atoms with E-state index in [4.69, 9.17) is 0 Å². The maximum Gasteiger partial charge on any atom is 0.240 e. The molecule has 6 heteroatoms. The molecule has 0 unspecified atom stereocenters. The number of aromatic nitrogens is 2. The number of fused-ring (bicyclic) bond motifs is 1. The molecule has 1 aliphatic heterocycles. The van der Waals surface area contributed by atoms with E-state index < -0.39 is 0 Å². The molecule has 1 aliphatic rings. The average molecular weight is 364 g/mol. The number of benzene rings is 1. The van der Waals surface area contributed by atoms with Gasteiger partial charge in [0.15, 0.2) is 0 Å². The molecule has 5 nitrogen and oxygen atoms in total. The summed E-state index contributed by atoms with van der Waals surface area (Å²) in [6, 6.07) is 14.0. The van der Waals surface area contributed by atoms with Crippen LogP contribution in [-0.4, -0.2) is 29.0 Å². The quantitative estimate of drug-likeness (QED) is 0.755. The lowest BCUT2D eigenvalue weighted by Gasteiger charge is -2.29. The molecular weight excluding hydrogens is 344 g/mol. The molecule has 0 aliphatic carbocycles. The summed E-state index contributed by atoms with van der Waals surface area (Å²) in [5.41, 5.74) is 4.12. The van der Waals surface area contributed by atoms with E-state index in [9.17, 15) is 4.79 Å². The highest BCUT2D eigenvalue weighted by molar-refractivity contribution is 7.13. The van der Waals surface area contributed by atoms with Crippen molar-refractivity contribution in [3.8, 4) is 10.7 Å². The van der Waals surface area contributed by atoms with Gasteiger partial charge in [-0.1, -0.05) is 24.3 Å². The third-order valence-electron chi connectivity index (χ3n) is 4.43. The molecule has 0 fully saturated rings. The number of amides is 1. The Bertz CT molecular complexity index is 894. The fourth-order valence-electron chi connectivity index (χ4n) is 3.18. The van der Waals surface area contributed by atoms with Crippen molar-refractivity contribution in [2.24, 2.45) is 0 Å². The number of carbonyl (C=O) groups is 1. The lowest BCUT2D eigenvalue weighted by atomic mass is 10.0. The number of nitrogens with one attached hydrogen (secondary N) is 1. The Balaban J connectivity index is 1.34. The molecule has 0 spiro atoms. The molecule has 132 valence electrons. The Hall–Kier alpha value is -2.57. The van der Waals surface area contributed by atoms with Crippen molar-refractivity contribution >= 4 is 22.9 Å². The first-order valence-electron chi connectivity index (χ1n) is 8.76. The summed E-state index contributed by atoms with van der Waals surface area (Å²) in [6.45, 7) is 1.67. The number of pyridine rings is 1. The minimum atomic E-state index is 0.109. The fraction of sp³-hybridized carbons (Fsp3) is 0.250. The van der Waals surface area contributed by atoms with Gasteiger partial charge in [0, 0.05) is 30.4 Å². The number of rotatable bonds is 5. The number of thiazole rings is 1. The summed E-state index contributed by atoms with van der Waals surface area (Å²) in [6.07, 6.45) is 3.83. The minimum absolute atomic E-state index is 0.109. The first-order valence-corrected chi connectivity index (χ1v) is 9.64. The van der Waals surface area contributed by atoms with Crippen LogP contribution in [0.25, 0.3) is 10.7 Å². The van der Waals surface area contributed by atoms with Gasteiger partial charge >= 0.3 is 0 Å². The van der Waals surface area contributed by atoms with Crippen LogP contribution in [0.15, 0.2) is 54.0 Å². The number of carbonyl (C=O) groups excluding carboxylic acids is 1. The van der Waals surface area contributed by atoms with Gasteiger partial charge in [0.1, 0.15) is 5.01 Å². The van der Waals surface area contributed by atoms with Crippen molar-refractivity contribution in [2.45, 2.75) is 19.4 Å². The zero-order valence-electron chi connectivity index (χ0n) is 14.4. The number of aryl methyl sites for hydroxylation is 1. The van der Waals surface area contributed by atoms with Crippen molar-refractivity contribution in [3.63, 3.8) is 0 Å². The summed E-state index contributed by atoms with van der Waals surface area (Å²) in [7, 11) is 0. The topological polar surface area (TPSA) is 58.1 Å². The highest BCUT2D eigenvalue weighted by Crippen LogP contribution is 2.26. The van der Waals surface area contributed by atoms with Crippen molar-refractivity contribution < 1.29 is 4.79 Å². The summed E-state index contributed by atoms with van der Waals surface area (Å²) in [5.74, 6) is 0.109. The lowest BCUT2D eigenvalue weighted by molar-refractivity contribution is -0.117. The molecule has 3 heterocycles. The highest BCUT2D eigenvalue weighted by Gasteiger charge is 2.21. The third kappa shape index (κ3) is 3.66. The summed E-state index contributed by atoms with van der Waals surface area (Å²) in [5, 5.41) is 6.14. The Morgan fingerprint density at radius 2 is 2.08 bits per heavy atom. The van der Waals surface area contributed by atoms with Crippen LogP contribution in [0.2, 0.25) is 0 Å². The predicted molar refractivity (Wildman–Crippen MR) is 104 cm³/mol. The summed E-state index contributed by atoms with van der Waals surface area (Å²) in [4.78, 5) is 23.4. The molecule has 3 aromatic rings. The number of nitrogens with zero attached hydrogens (tertiary/aromatic N) is 3. The van der Waals surface area contributed by atoms with Crippen molar-refractivity contribution in [1.29, 1.82) is 0 Å². The monoisotopic (exact) mass is 364 g/mol. The van der Waals surface area contributed by atoms with Crippen LogP contribution in [0.3, 0.4) is 0 Å². The van der Waals surface area contributed by atoms with Crippen LogP contribution in [0, 0.1) is 0 Å². The molecule has 0 radical (unpaired) electrons. The minimum Gasteiger partial charge on any atom is -0.311 e. The van der Waals surface area contributed by atoms with Gasteiger partial charge in [-0.25, -0.2) is 4.98 Å². The van der Waals surface area contributed by atoms with Crippen LogP contribution < -0.4 is 10.2 Å². The molecule has 2 aromatic heterocycles. The van der Waals surface area contributed by atoms with Gasteiger partial charge in [-0.15, -0.1) is 11.3 Å². The van der Waals surface area contributed by atoms with Crippen molar-refractivity contribution in [2.75, 3.05) is 18.0 Å². The Kier molecular flexibility index (Phi) is 5.04. The summed E-state index contributed by atoms with van der Waals surface area (Å²) < 4.78 is 0. The first kappa shape index (κ1) is 16.9. The van der Waals surface area contributed by atoms with Crippen LogP contribution in [0.1, 0.15) is 17.7 Å². The van der Waals surface area contributed by atoms with Crippen molar-refractivity contribution in [3.05, 3.63) is 65.3 Å². The van der Waals surface area contributed by atoms with Gasteiger partial charge < -0.3 is 10.2 Å². The smallest absolute Gasteiger partial charge is 0.240 e. The van der Waals surface area contributed by atoms with Gasteiger partial charge in [0.2, 0.25) is 5.91 Å². The number of para-hydroxylation sites is 1. The first-order chi connectivity index (χ1) is 12.8. The molecule has 0 saturated carbocycles. The molecule has 0 saturated heterocycles. The average Bonchev–Trinajstić information content (AvgIpc) is 3.17.